The first kappa shape index (κ1) is 12.0. The maximum Gasteiger partial charge on any atom is 0.334 e. The molecule has 0 radical (unpaired) electrons. The number of rotatable bonds is 0. The smallest absolute Gasteiger partial charge is 0.334 e. The zero-order valence-corrected chi connectivity index (χ0v) is 11.0. The maximum absolute atomic E-state index is 11.7. The summed E-state index contributed by atoms with van der Waals surface area (Å²) in [4.78, 5) is 11.7. The summed E-state index contributed by atoms with van der Waals surface area (Å²) in [6.45, 7) is 8.13. The molecule has 4 atom stereocenters. The average molecular weight is 248 g/mol. The SMILES string of the molecule is C=C1C(=O)OC2C3=C(C)CCCC3(C)CC(O)C12. The maximum atomic E-state index is 11.7. The van der Waals surface area contributed by atoms with Crippen molar-refractivity contribution in [1.82, 2.24) is 0 Å². The lowest BCUT2D eigenvalue weighted by molar-refractivity contribution is -0.139. The van der Waals surface area contributed by atoms with Crippen molar-refractivity contribution in [3.8, 4) is 0 Å². The van der Waals surface area contributed by atoms with Crippen molar-refractivity contribution >= 4 is 5.97 Å². The Hall–Kier alpha value is -1.09. The molecule has 3 nitrogen and oxygen atoms in total. The Morgan fingerprint density at radius 3 is 2.94 bits per heavy atom. The minimum Gasteiger partial charge on any atom is -0.454 e. The number of carbonyl (C=O) groups excluding carboxylic acids is 1. The lowest BCUT2D eigenvalue weighted by Gasteiger charge is -2.47. The summed E-state index contributed by atoms with van der Waals surface area (Å²) in [6, 6.07) is 0. The Labute approximate surface area is 108 Å². The fourth-order valence-corrected chi connectivity index (χ4v) is 4.17. The van der Waals surface area contributed by atoms with Crippen molar-refractivity contribution in [2.45, 2.75) is 51.7 Å². The first-order valence-electron chi connectivity index (χ1n) is 6.72. The van der Waals surface area contributed by atoms with Crippen molar-refractivity contribution in [2.75, 3.05) is 0 Å². The number of allylic oxidation sites excluding steroid dienone is 1. The van der Waals surface area contributed by atoms with Crippen molar-refractivity contribution in [3.05, 3.63) is 23.3 Å². The van der Waals surface area contributed by atoms with Crippen LogP contribution in [0.5, 0.6) is 0 Å². The van der Waals surface area contributed by atoms with Crippen LogP contribution in [-0.2, 0) is 9.53 Å². The van der Waals surface area contributed by atoms with Crippen LogP contribution < -0.4 is 0 Å². The summed E-state index contributed by atoms with van der Waals surface area (Å²) >= 11 is 0. The fraction of sp³-hybridized carbons (Fsp3) is 0.667. The third kappa shape index (κ3) is 1.43. The molecule has 3 heteroatoms. The molecule has 1 saturated carbocycles. The van der Waals surface area contributed by atoms with E-state index in [2.05, 4.69) is 20.4 Å². The molecule has 3 aliphatic rings. The molecule has 0 bridgehead atoms. The molecular weight excluding hydrogens is 228 g/mol. The molecular formula is C15H20O3. The molecule has 1 aliphatic heterocycles. The van der Waals surface area contributed by atoms with E-state index in [-0.39, 0.29) is 23.4 Å². The second-order valence-corrected chi connectivity index (χ2v) is 6.26. The van der Waals surface area contributed by atoms with Crippen molar-refractivity contribution in [2.24, 2.45) is 11.3 Å². The normalized spacial score (nSPS) is 43.6. The summed E-state index contributed by atoms with van der Waals surface area (Å²) in [5.74, 6) is -0.562. The van der Waals surface area contributed by atoms with E-state index in [1.165, 1.54) is 11.1 Å². The van der Waals surface area contributed by atoms with Crippen LogP contribution in [0, 0.1) is 11.3 Å². The summed E-state index contributed by atoms with van der Waals surface area (Å²) in [5, 5.41) is 10.3. The van der Waals surface area contributed by atoms with E-state index in [0.29, 0.717) is 5.57 Å². The molecule has 18 heavy (non-hydrogen) atoms. The standard InChI is InChI=1S/C15H20O3/c1-8-5-4-6-15(3)7-10(16)11-9(2)14(17)18-13(11)12(8)15/h10-11,13,16H,2,4-7H2,1,3H3. The molecule has 1 heterocycles. The average Bonchev–Trinajstić information content (AvgIpc) is 2.54. The van der Waals surface area contributed by atoms with Gasteiger partial charge >= 0.3 is 5.97 Å². The van der Waals surface area contributed by atoms with Crippen LogP contribution in [0.1, 0.15) is 39.5 Å². The monoisotopic (exact) mass is 248 g/mol. The van der Waals surface area contributed by atoms with E-state index >= 15 is 0 Å². The third-order valence-corrected chi connectivity index (χ3v) is 4.97. The zero-order chi connectivity index (χ0) is 13.1. The number of hydrogen-bond donors (Lipinski definition) is 1. The van der Waals surface area contributed by atoms with Gasteiger partial charge in [-0.3, -0.25) is 0 Å². The van der Waals surface area contributed by atoms with Gasteiger partial charge in [0.05, 0.1) is 12.0 Å². The Morgan fingerprint density at radius 2 is 2.22 bits per heavy atom. The predicted molar refractivity (Wildman–Crippen MR) is 67.8 cm³/mol. The number of fused-ring (bicyclic) bond motifs is 3. The summed E-state index contributed by atoms with van der Waals surface area (Å²) < 4.78 is 5.50. The van der Waals surface area contributed by atoms with Gasteiger partial charge in [0.2, 0.25) is 0 Å². The van der Waals surface area contributed by atoms with Crippen molar-refractivity contribution in [1.29, 1.82) is 0 Å². The topological polar surface area (TPSA) is 46.5 Å². The van der Waals surface area contributed by atoms with E-state index in [4.69, 9.17) is 4.74 Å². The molecule has 1 N–H and O–H groups in total. The van der Waals surface area contributed by atoms with Gasteiger partial charge in [-0.25, -0.2) is 4.79 Å². The van der Waals surface area contributed by atoms with Gasteiger partial charge in [0, 0.05) is 5.57 Å². The van der Waals surface area contributed by atoms with Gasteiger partial charge in [0.15, 0.2) is 0 Å². The molecule has 3 rings (SSSR count). The third-order valence-electron chi connectivity index (χ3n) is 4.97. The molecule has 2 fully saturated rings. The second kappa shape index (κ2) is 3.70. The first-order valence-corrected chi connectivity index (χ1v) is 6.72. The predicted octanol–water partition coefficient (Wildman–Crippen LogP) is 2.36. The molecule has 98 valence electrons. The summed E-state index contributed by atoms with van der Waals surface area (Å²) in [6.07, 6.45) is 3.26. The number of carbonyl (C=O) groups is 1. The van der Waals surface area contributed by atoms with Gasteiger partial charge in [-0.1, -0.05) is 19.1 Å². The van der Waals surface area contributed by atoms with E-state index in [9.17, 15) is 9.90 Å². The zero-order valence-electron chi connectivity index (χ0n) is 11.0. The Morgan fingerprint density at radius 1 is 1.50 bits per heavy atom. The molecule has 0 spiro atoms. The lowest BCUT2D eigenvalue weighted by atomic mass is 9.59. The second-order valence-electron chi connectivity index (χ2n) is 6.26. The van der Waals surface area contributed by atoms with Crippen LogP contribution in [0.2, 0.25) is 0 Å². The number of ether oxygens (including phenoxy) is 1. The van der Waals surface area contributed by atoms with Gasteiger partial charge in [0.25, 0.3) is 0 Å². The fourth-order valence-electron chi connectivity index (χ4n) is 4.17. The van der Waals surface area contributed by atoms with Crippen LogP contribution in [0.25, 0.3) is 0 Å². The highest BCUT2D eigenvalue weighted by atomic mass is 16.6. The molecule has 0 aromatic heterocycles. The number of esters is 1. The Kier molecular flexibility index (Phi) is 2.46. The molecule has 0 aromatic rings. The first-order chi connectivity index (χ1) is 8.44. The van der Waals surface area contributed by atoms with Gasteiger partial charge < -0.3 is 9.84 Å². The lowest BCUT2D eigenvalue weighted by Crippen LogP contribution is -2.46. The number of hydrogen-bond acceptors (Lipinski definition) is 3. The van der Waals surface area contributed by atoms with Crippen LogP contribution in [0.3, 0.4) is 0 Å². The van der Waals surface area contributed by atoms with Crippen LogP contribution in [0.4, 0.5) is 0 Å². The van der Waals surface area contributed by atoms with Gasteiger partial charge in [-0.05, 0) is 43.6 Å². The highest BCUT2D eigenvalue weighted by Gasteiger charge is 2.55. The highest BCUT2D eigenvalue weighted by molar-refractivity contribution is 5.91. The van der Waals surface area contributed by atoms with E-state index in [1.54, 1.807) is 0 Å². The van der Waals surface area contributed by atoms with Crippen molar-refractivity contribution in [3.63, 3.8) is 0 Å². The molecule has 4 unspecified atom stereocenters. The van der Waals surface area contributed by atoms with Crippen LogP contribution in [0.15, 0.2) is 23.3 Å². The Balaban J connectivity index is 2.10. The molecule has 0 amide bonds. The summed E-state index contributed by atoms with van der Waals surface area (Å²) in [5.41, 5.74) is 3.04. The molecule has 0 aromatic carbocycles. The van der Waals surface area contributed by atoms with Crippen LogP contribution in [-0.4, -0.2) is 23.3 Å². The summed E-state index contributed by atoms with van der Waals surface area (Å²) in [7, 11) is 0. The number of aliphatic hydroxyl groups excluding tert-OH is 1. The van der Waals surface area contributed by atoms with Gasteiger partial charge in [-0.15, -0.1) is 0 Å². The van der Waals surface area contributed by atoms with E-state index < -0.39 is 6.10 Å². The Bertz CT molecular complexity index is 462. The number of aliphatic hydroxyl groups is 1. The van der Waals surface area contributed by atoms with Gasteiger partial charge in [-0.2, -0.15) is 0 Å². The highest BCUT2D eigenvalue weighted by Crippen LogP contribution is 2.55. The minimum atomic E-state index is -0.506. The van der Waals surface area contributed by atoms with E-state index in [0.717, 1.165) is 25.7 Å². The van der Waals surface area contributed by atoms with Crippen molar-refractivity contribution < 1.29 is 14.6 Å². The van der Waals surface area contributed by atoms with Gasteiger partial charge in [0.1, 0.15) is 6.10 Å². The van der Waals surface area contributed by atoms with Crippen LogP contribution >= 0.6 is 0 Å². The van der Waals surface area contributed by atoms with E-state index in [1.807, 2.05) is 0 Å². The quantitative estimate of drug-likeness (QED) is 0.406. The largest absolute Gasteiger partial charge is 0.454 e. The minimum absolute atomic E-state index is 0.00613. The molecule has 1 saturated heterocycles. The molecule has 2 aliphatic carbocycles.